The van der Waals surface area contributed by atoms with E-state index in [0.717, 1.165) is 45.6 Å². The number of hydrogen-bond donors (Lipinski definition) is 2. The molecule has 2 N–H and O–H groups in total. The summed E-state index contributed by atoms with van der Waals surface area (Å²) in [7, 11) is 0. The third kappa shape index (κ3) is 3.85. The molecule has 0 aromatic rings. The lowest BCUT2D eigenvalue weighted by Gasteiger charge is -2.33. The summed E-state index contributed by atoms with van der Waals surface area (Å²) in [4.78, 5) is 11.7. The smallest absolute Gasteiger partial charge is 0.315 e. The second-order valence-electron chi connectivity index (χ2n) is 5.31. The van der Waals surface area contributed by atoms with Gasteiger partial charge in [0.1, 0.15) is 0 Å². The molecular weight excluding hydrogens is 220 g/mol. The first-order valence-corrected chi connectivity index (χ1v) is 6.38. The van der Waals surface area contributed by atoms with Gasteiger partial charge in [-0.25, -0.2) is 4.79 Å². The van der Waals surface area contributed by atoms with Crippen molar-refractivity contribution >= 4 is 6.03 Å². The third-order valence-electron chi connectivity index (χ3n) is 3.64. The molecule has 5 nitrogen and oxygen atoms in total. The molecule has 0 bridgehead atoms. The van der Waals surface area contributed by atoms with Gasteiger partial charge in [-0.3, -0.25) is 0 Å². The van der Waals surface area contributed by atoms with Gasteiger partial charge in [0.15, 0.2) is 0 Å². The summed E-state index contributed by atoms with van der Waals surface area (Å²) in [6, 6.07) is 0.103. The van der Waals surface area contributed by atoms with Crippen LogP contribution in [-0.4, -0.2) is 45.0 Å². The molecule has 5 heteroatoms. The van der Waals surface area contributed by atoms with Crippen LogP contribution >= 0.6 is 0 Å². The van der Waals surface area contributed by atoms with E-state index in [-0.39, 0.29) is 17.5 Å². The van der Waals surface area contributed by atoms with E-state index in [1.54, 1.807) is 0 Å². The Morgan fingerprint density at radius 1 is 1.29 bits per heavy atom. The molecule has 2 aliphatic heterocycles. The molecule has 2 rings (SSSR count). The molecular formula is C12H22N2O3. The fourth-order valence-electron chi connectivity index (χ4n) is 2.22. The van der Waals surface area contributed by atoms with Crippen LogP contribution in [0.15, 0.2) is 0 Å². The van der Waals surface area contributed by atoms with Gasteiger partial charge in [-0.1, -0.05) is 6.92 Å². The van der Waals surface area contributed by atoms with E-state index in [1.807, 2.05) is 0 Å². The van der Waals surface area contributed by atoms with E-state index < -0.39 is 0 Å². The number of hydrogen-bond acceptors (Lipinski definition) is 3. The summed E-state index contributed by atoms with van der Waals surface area (Å²) in [6.45, 7) is 5.91. The fourth-order valence-corrected chi connectivity index (χ4v) is 2.22. The van der Waals surface area contributed by atoms with Crippen LogP contribution in [0.3, 0.4) is 0 Å². The van der Waals surface area contributed by atoms with Gasteiger partial charge in [-0.15, -0.1) is 0 Å². The minimum Gasteiger partial charge on any atom is -0.381 e. The van der Waals surface area contributed by atoms with Crippen molar-refractivity contribution in [1.29, 1.82) is 0 Å². The van der Waals surface area contributed by atoms with Gasteiger partial charge < -0.3 is 20.1 Å². The first kappa shape index (κ1) is 12.6. The second kappa shape index (κ2) is 5.69. The van der Waals surface area contributed by atoms with Crippen molar-refractivity contribution in [2.24, 2.45) is 5.41 Å². The monoisotopic (exact) mass is 242 g/mol. The number of nitrogens with one attached hydrogen (secondary N) is 2. The number of carbonyl (C=O) groups is 1. The summed E-state index contributed by atoms with van der Waals surface area (Å²) in [5.41, 5.74) is 0.182. The Kier molecular flexibility index (Phi) is 4.23. The normalized spacial score (nSPS) is 27.7. The second-order valence-corrected chi connectivity index (χ2v) is 5.31. The lowest BCUT2D eigenvalue weighted by atomic mass is 9.82. The number of urea groups is 1. The Morgan fingerprint density at radius 3 is 2.71 bits per heavy atom. The Hall–Kier alpha value is -0.810. The van der Waals surface area contributed by atoms with Crippen LogP contribution in [-0.2, 0) is 9.47 Å². The molecule has 0 aromatic carbocycles. The molecule has 1 atom stereocenters. The summed E-state index contributed by atoms with van der Waals surface area (Å²) >= 11 is 0. The molecule has 2 fully saturated rings. The molecule has 0 saturated carbocycles. The molecule has 0 aromatic heterocycles. The molecule has 98 valence electrons. The standard InChI is InChI=1S/C12H22N2O3/c1-12(3-6-16-7-4-12)9-13-11(15)14-10-2-5-17-8-10/h10H,2-9H2,1H3,(H2,13,14,15). The largest absolute Gasteiger partial charge is 0.381 e. The lowest BCUT2D eigenvalue weighted by molar-refractivity contribution is 0.0252. The van der Waals surface area contributed by atoms with E-state index in [4.69, 9.17) is 9.47 Å². The summed E-state index contributed by atoms with van der Waals surface area (Å²) in [6.07, 6.45) is 2.94. The van der Waals surface area contributed by atoms with Gasteiger partial charge in [0, 0.05) is 26.4 Å². The molecule has 2 heterocycles. The fraction of sp³-hybridized carbons (Fsp3) is 0.917. The molecule has 0 radical (unpaired) electrons. The topological polar surface area (TPSA) is 59.6 Å². The van der Waals surface area contributed by atoms with Crippen molar-refractivity contribution in [1.82, 2.24) is 10.6 Å². The lowest BCUT2D eigenvalue weighted by Crippen LogP contribution is -2.46. The predicted molar refractivity (Wildman–Crippen MR) is 63.9 cm³/mol. The summed E-state index contributed by atoms with van der Waals surface area (Å²) in [5, 5.41) is 5.89. The van der Waals surface area contributed by atoms with Crippen LogP contribution in [0.1, 0.15) is 26.2 Å². The number of carbonyl (C=O) groups excluding carboxylic acids is 1. The van der Waals surface area contributed by atoms with Gasteiger partial charge in [0.2, 0.25) is 0 Å². The van der Waals surface area contributed by atoms with Crippen LogP contribution in [0.4, 0.5) is 4.79 Å². The molecule has 2 amide bonds. The van der Waals surface area contributed by atoms with Crippen molar-refractivity contribution in [2.45, 2.75) is 32.2 Å². The minimum absolute atomic E-state index is 0.0757. The Morgan fingerprint density at radius 2 is 2.06 bits per heavy atom. The minimum atomic E-state index is -0.0757. The van der Waals surface area contributed by atoms with Crippen molar-refractivity contribution in [3.63, 3.8) is 0 Å². The van der Waals surface area contributed by atoms with E-state index in [1.165, 1.54) is 0 Å². The number of rotatable bonds is 3. The van der Waals surface area contributed by atoms with Crippen molar-refractivity contribution < 1.29 is 14.3 Å². The highest BCUT2D eigenvalue weighted by Gasteiger charge is 2.28. The van der Waals surface area contributed by atoms with E-state index in [9.17, 15) is 4.79 Å². The van der Waals surface area contributed by atoms with E-state index in [0.29, 0.717) is 6.61 Å². The first-order chi connectivity index (χ1) is 8.18. The first-order valence-electron chi connectivity index (χ1n) is 6.38. The van der Waals surface area contributed by atoms with Crippen LogP contribution < -0.4 is 10.6 Å². The Balaban J connectivity index is 1.67. The zero-order valence-corrected chi connectivity index (χ0v) is 10.5. The van der Waals surface area contributed by atoms with Crippen LogP contribution in [0.5, 0.6) is 0 Å². The quantitative estimate of drug-likeness (QED) is 0.772. The molecule has 1 unspecified atom stereocenters. The number of amides is 2. The number of ether oxygens (including phenoxy) is 2. The van der Waals surface area contributed by atoms with Crippen LogP contribution in [0.2, 0.25) is 0 Å². The van der Waals surface area contributed by atoms with Crippen LogP contribution in [0.25, 0.3) is 0 Å². The molecule has 0 spiro atoms. The van der Waals surface area contributed by atoms with E-state index >= 15 is 0 Å². The molecule has 17 heavy (non-hydrogen) atoms. The maximum Gasteiger partial charge on any atom is 0.315 e. The van der Waals surface area contributed by atoms with Gasteiger partial charge in [0.05, 0.1) is 12.6 Å². The Bertz CT molecular complexity index is 258. The average Bonchev–Trinajstić information content (AvgIpc) is 2.80. The van der Waals surface area contributed by atoms with E-state index in [2.05, 4.69) is 17.6 Å². The maximum atomic E-state index is 11.7. The summed E-state index contributed by atoms with van der Waals surface area (Å²) in [5.74, 6) is 0. The molecule has 2 aliphatic rings. The van der Waals surface area contributed by atoms with Crippen molar-refractivity contribution in [3.8, 4) is 0 Å². The van der Waals surface area contributed by atoms with Gasteiger partial charge in [-0.05, 0) is 24.7 Å². The van der Waals surface area contributed by atoms with Crippen molar-refractivity contribution in [2.75, 3.05) is 33.0 Å². The maximum absolute atomic E-state index is 11.7. The molecule has 2 saturated heterocycles. The van der Waals surface area contributed by atoms with Gasteiger partial charge in [0.25, 0.3) is 0 Å². The zero-order valence-electron chi connectivity index (χ0n) is 10.5. The highest BCUT2D eigenvalue weighted by Crippen LogP contribution is 2.28. The highest BCUT2D eigenvalue weighted by atomic mass is 16.5. The SMILES string of the molecule is CC1(CNC(=O)NC2CCOC2)CCOCC1. The highest BCUT2D eigenvalue weighted by molar-refractivity contribution is 5.74. The zero-order chi connectivity index (χ0) is 12.1. The Labute approximate surface area is 102 Å². The van der Waals surface area contributed by atoms with Gasteiger partial charge >= 0.3 is 6.03 Å². The van der Waals surface area contributed by atoms with Crippen molar-refractivity contribution in [3.05, 3.63) is 0 Å². The van der Waals surface area contributed by atoms with Gasteiger partial charge in [-0.2, -0.15) is 0 Å². The average molecular weight is 242 g/mol. The third-order valence-corrected chi connectivity index (χ3v) is 3.64. The summed E-state index contributed by atoms with van der Waals surface area (Å²) < 4.78 is 10.5. The predicted octanol–water partition coefficient (Wildman–Crippen LogP) is 0.891. The molecule has 0 aliphatic carbocycles. The van der Waals surface area contributed by atoms with Crippen LogP contribution in [0, 0.1) is 5.41 Å².